The molecule has 0 aliphatic heterocycles. The fourth-order valence-electron chi connectivity index (χ4n) is 2.12. The van der Waals surface area contributed by atoms with Crippen molar-refractivity contribution in [2.75, 3.05) is 13.7 Å². The molecular weight excluding hydrogens is 296 g/mol. The van der Waals surface area contributed by atoms with Crippen LogP contribution in [0.2, 0.25) is 0 Å². The zero-order valence-corrected chi connectivity index (χ0v) is 14.0. The van der Waals surface area contributed by atoms with Crippen molar-refractivity contribution in [3.8, 4) is 0 Å². The molecular formula is C17H24N2O4. The van der Waals surface area contributed by atoms with Gasteiger partial charge in [-0.05, 0) is 30.9 Å². The van der Waals surface area contributed by atoms with Crippen LogP contribution in [0.15, 0.2) is 24.3 Å². The smallest absolute Gasteiger partial charge is 0.325 e. The van der Waals surface area contributed by atoms with E-state index in [1.807, 2.05) is 32.9 Å². The van der Waals surface area contributed by atoms with E-state index in [0.717, 1.165) is 5.56 Å². The zero-order chi connectivity index (χ0) is 17.4. The molecule has 6 nitrogen and oxygen atoms in total. The van der Waals surface area contributed by atoms with Crippen LogP contribution in [0.4, 0.5) is 0 Å². The lowest BCUT2D eigenvalue weighted by atomic mass is 10.0. The second-order valence-corrected chi connectivity index (χ2v) is 5.76. The van der Waals surface area contributed by atoms with Crippen LogP contribution in [0.5, 0.6) is 0 Å². The minimum absolute atomic E-state index is 0.209. The Labute approximate surface area is 136 Å². The van der Waals surface area contributed by atoms with Gasteiger partial charge in [0, 0.05) is 5.56 Å². The molecule has 0 saturated carbocycles. The number of hydrogen-bond acceptors (Lipinski definition) is 4. The second kappa shape index (κ2) is 8.92. The Hall–Kier alpha value is -2.37. The van der Waals surface area contributed by atoms with E-state index in [0.29, 0.717) is 12.0 Å². The molecule has 2 N–H and O–H groups in total. The molecule has 2 amide bonds. The molecule has 1 aromatic rings. The summed E-state index contributed by atoms with van der Waals surface area (Å²) in [4.78, 5) is 35.7. The van der Waals surface area contributed by atoms with Crippen LogP contribution in [0, 0.1) is 12.8 Å². The van der Waals surface area contributed by atoms with Crippen LogP contribution < -0.4 is 10.6 Å². The maximum absolute atomic E-state index is 12.4. The molecule has 126 valence electrons. The van der Waals surface area contributed by atoms with Crippen molar-refractivity contribution in [2.45, 2.75) is 33.2 Å². The number of benzene rings is 1. The van der Waals surface area contributed by atoms with E-state index in [-0.39, 0.29) is 18.4 Å². The molecule has 0 aliphatic rings. The topological polar surface area (TPSA) is 84.5 Å². The first kappa shape index (κ1) is 18.7. The van der Waals surface area contributed by atoms with Gasteiger partial charge in [0.15, 0.2) is 0 Å². The summed E-state index contributed by atoms with van der Waals surface area (Å²) in [6, 6.07) is 6.47. The molecule has 0 spiro atoms. The van der Waals surface area contributed by atoms with Crippen LogP contribution in [0.3, 0.4) is 0 Å². The maximum Gasteiger partial charge on any atom is 0.325 e. The molecule has 0 radical (unpaired) electrons. The summed E-state index contributed by atoms with van der Waals surface area (Å²) in [6.45, 7) is 5.54. The molecule has 1 unspecified atom stereocenters. The molecule has 1 atom stereocenters. The average Bonchev–Trinajstić information content (AvgIpc) is 2.51. The van der Waals surface area contributed by atoms with Gasteiger partial charge in [0.2, 0.25) is 5.91 Å². The van der Waals surface area contributed by atoms with Crippen LogP contribution in [-0.4, -0.2) is 37.5 Å². The molecule has 0 bridgehead atoms. The Balaban J connectivity index is 2.78. The van der Waals surface area contributed by atoms with Crippen molar-refractivity contribution in [3.63, 3.8) is 0 Å². The summed E-state index contributed by atoms with van der Waals surface area (Å²) in [5.74, 6) is -1.03. The molecule has 6 heteroatoms. The van der Waals surface area contributed by atoms with E-state index in [4.69, 9.17) is 0 Å². The van der Waals surface area contributed by atoms with Gasteiger partial charge in [0.1, 0.15) is 12.6 Å². The number of rotatable bonds is 7. The summed E-state index contributed by atoms with van der Waals surface area (Å²) >= 11 is 0. The van der Waals surface area contributed by atoms with Gasteiger partial charge in [-0.1, -0.05) is 32.0 Å². The van der Waals surface area contributed by atoms with E-state index >= 15 is 0 Å². The molecule has 0 saturated heterocycles. The quantitative estimate of drug-likeness (QED) is 0.744. The number of hydrogen-bond donors (Lipinski definition) is 2. The third-order valence-electron chi connectivity index (χ3n) is 3.35. The number of ether oxygens (including phenoxy) is 1. The number of amides is 2. The number of nitrogens with one attached hydrogen (secondary N) is 2. The van der Waals surface area contributed by atoms with Crippen molar-refractivity contribution in [1.82, 2.24) is 10.6 Å². The average molecular weight is 320 g/mol. The minimum Gasteiger partial charge on any atom is -0.468 e. The van der Waals surface area contributed by atoms with Crippen LogP contribution >= 0.6 is 0 Å². The summed E-state index contributed by atoms with van der Waals surface area (Å²) in [6.07, 6.45) is 0.477. The summed E-state index contributed by atoms with van der Waals surface area (Å²) in [5.41, 5.74) is 1.37. The second-order valence-electron chi connectivity index (χ2n) is 5.76. The van der Waals surface area contributed by atoms with Crippen molar-refractivity contribution in [1.29, 1.82) is 0 Å². The van der Waals surface area contributed by atoms with Crippen molar-refractivity contribution in [2.24, 2.45) is 5.92 Å². The first-order valence-electron chi connectivity index (χ1n) is 7.56. The lowest BCUT2D eigenvalue weighted by Gasteiger charge is -2.20. The zero-order valence-electron chi connectivity index (χ0n) is 14.0. The van der Waals surface area contributed by atoms with E-state index in [9.17, 15) is 14.4 Å². The van der Waals surface area contributed by atoms with Gasteiger partial charge in [-0.25, -0.2) is 0 Å². The van der Waals surface area contributed by atoms with E-state index in [1.165, 1.54) is 7.11 Å². The van der Waals surface area contributed by atoms with E-state index in [2.05, 4.69) is 15.4 Å². The third kappa shape index (κ3) is 6.10. The molecule has 0 aliphatic carbocycles. The van der Waals surface area contributed by atoms with Crippen LogP contribution in [0.1, 0.15) is 36.2 Å². The van der Waals surface area contributed by atoms with E-state index < -0.39 is 17.9 Å². The van der Waals surface area contributed by atoms with Gasteiger partial charge < -0.3 is 15.4 Å². The third-order valence-corrected chi connectivity index (χ3v) is 3.35. The SMILES string of the molecule is COC(=O)CNC(=O)C(CC(C)C)NC(=O)c1ccccc1C. The highest BCUT2D eigenvalue weighted by atomic mass is 16.5. The molecule has 0 aromatic heterocycles. The monoisotopic (exact) mass is 320 g/mol. The summed E-state index contributed by atoms with van der Waals surface area (Å²) < 4.78 is 4.49. The Bertz CT molecular complexity index is 569. The Morgan fingerprint density at radius 1 is 1.17 bits per heavy atom. The van der Waals surface area contributed by atoms with Crippen LogP contribution in [-0.2, 0) is 14.3 Å². The Morgan fingerprint density at radius 2 is 1.83 bits per heavy atom. The normalized spacial score (nSPS) is 11.7. The Kier molecular flexibility index (Phi) is 7.25. The fourth-order valence-corrected chi connectivity index (χ4v) is 2.12. The summed E-state index contributed by atoms with van der Waals surface area (Å²) in [5, 5.41) is 5.23. The van der Waals surface area contributed by atoms with Gasteiger partial charge >= 0.3 is 5.97 Å². The predicted molar refractivity (Wildman–Crippen MR) is 86.9 cm³/mol. The van der Waals surface area contributed by atoms with E-state index in [1.54, 1.807) is 12.1 Å². The van der Waals surface area contributed by atoms with Gasteiger partial charge in [-0.2, -0.15) is 0 Å². The number of carbonyl (C=O) groups is 3. The molecule has 0 fully saturated rings. The van der Waals surface area contributed by atoms with Gasteiger partial charge in [-0.3, -0.25) is 14.4 Å². The number of aryl methyl sites for hydroxylation is 1. The highest BCUT2D eigenvalue weighted by Gasteiger charge is 2.23. The Morgan fingerprint density at radius 3 is 2.39 bits per heavy atom. The molecule has 1 aromatic carbocycles. The first-order chi connectivity index (χ1) is 10.8. The number of methoxy groups -OCH3 is 1. The van der Waals surface area contributed by atoms with Crippen LogP contribution in [0.25, 0.3) is 0 Å². The highest BCUT2D eigenvalue weighted by Crippen LogP contribution is 2.10. The van der Waals surface area contributed by atoms with Crippen molar-refractivity contribution < 1.29 is 19.1 Å². The first-order valence-corrected chi connectivity index (χ1v) is 7.56. The molecule has 1 rings (SSSR count). The minimum atomic E-state index is -0.702. The number of carbonyl (C=O) groups excluding carboxylic acids is 3. The van der Waals surface area contributed by atoms with Crippen molar-refractivity contribution >= 4 is 17.8 Å². The molecule has 23 heavy (non-hydrogen) atoms. The fraction of sp³-hybridized carbons (Fsp3) is 0.471. The standard InChI is InChI=1S/C17H24N2O4/c1-11(2)9-14(17(22)18-10-15(20)23-4)19-16(21)13-8-6-5-7-12(13)3/h5-8,11,14H,9-10H2,1-4H3,(H,18,22)(H,19,21). The summed E-state index contributed by atoms with van der Waals surface area (Å²) in [7, 11) is 1.25. The lowest BCUT2D eigenvalue weighted by molar-refractivity contribution is -0.141. The largest absolute Gasteiger partial charge is 0.468 e. The number of esters is 1. The van der Waals surface area contributed by atoms with Gasteiger partial charge in [-0.15, -0.1) is 0 Å². The van der Waals surface area contributed by atoms with Crippen molar-refractivity contribution in [3.05, 3.63) is 35.4 Å². The lowest BCUT2D eigenvalue weighted by Crippen LogP contribution is -2.48. The van der Waals surface area contributed by atoms with Gasteiger partial charge in [0.25, 0.3) is 5.91 Å². The predicted octanol–water partition coefficient (Wildman–Crippen LogP) is 1.43. The van der Waals surface area contributed by atoms with Gasteiger partial charge in [0.05, 0.1) is 7.11 Å². The maximum atomic E-state index is 12.4. The highest BCUT2D eigenvalue weighted by molar-refractivity contribution is 5.98. The molecule has 0 heterocycles.